The first-order valence-electron chi connectivity index (χ1n) is 5.08. The third-order valence-corrected chi connectivity index (χ3v) is 4.07. The van der Waals surface area contributed by atoms with Crippen LogP contribution >= 0.6 is 23.3 Å². The Bertz CT molecular complexity index is 704. The minimum absolute atomic E-state index is 0.00458. The normalized spacial score (nSPS) is 10.5. The Hall–Kier alpha value is -2.07. The highest BCUT2D eigenvalue weighted by atomic mass is 32.2. The van der Waals surface area contributed by atoms with Gasteiger partial charge in [-0.1, -0.05) is 11.8 Å². The Morgan fingerprint density at radius 3 is 2.75 bits per heavy atom. The topological polar surface area (TPSA) is 106 Å². The number of halogens is 1. The molecule has 1 N–H and O–H groups in total. The van der Waals surface area contributed by atoms with Crippen LogP contribution in [-0.4, -0.2) is 25.4 Å². The molecule has 0 saturated heterocycles. The Morgan fingerprint density at radius 2 is 2.25 bits per heavy atom. The number of aromatic nitrogens is 2. The second kappa shape index (κ2) is 5.51. The molecule has 0 atom stereocenters. The van der Waals surface area contributed by atoms with E-state index < -0.39 is 28.0 Å². The summed E-state index contributed by atoms with van der Waals surface area (Å²) in [7, 11) is 0. The Balaban J connectivity index is 2.50. The Labute approximate surface area is 119 Å². The number of benzene rings is 1. The van der Waals surface area contributed by atoms with Gasteiger partial charge in [-0.2, -0.15) is 4.37 Å². The van der Waals surface area contributed by atoms with Crippen LogP contribution in [0.25, 0.3) is 0 Å². The van der Waals surface area contributed by atoms with Crippen molar-refractivity contribution in [2.24, 2.45) is 0 Å². The monoisotopic (exact) mass is 315 g/mol. The lowest BCUT2D eigenvalue weighted by atomic mass is 10.2. The van der Waals surface area contributed by atoms with Gasteiger partial charge in [0, 0.05) is 0 Å². The van der Waals surface area contributed by atoms with Gasteiger partial charge >= 0.3 is 5.97 Å². The maximum atomic E-state index is 13.5. The van der Waals surface area contributed by atoms with Crippen LogP contribution in [-0.2, 0) is 0 Å². The van der Waals surface area contributed by atoms with Crippen molar-refractivity contribution in [1.82, 2.24) is 9.36 Å². The molecule has 0 fully saturated rings. The third-order valence-electron chi connectivity index (χ3n) is 2.18. The van der Waals surface area contributed by atoms with Crippen LogP contribution in [0.15, 0.2) is 21.4 Å². The van der Waals surface area contributed by atoms with E-state index in [9.17, 15) is 19.3 Å². The summed E-state index contributed by atoms with van der Waals surface area (Å²) in [5.41, 5.74) is -1.13. The number of aromatic carboxylic acids is 1. The fraction of sp³-hybridized carbons (Fsp3) is 0.100. The first-order chi connectivity index (χ1) is 9.38. The summed E-state index contributed by atoms with van der Waals surface area (Å²) in [5, 5.41) is 19.7. The summed E-state index contributed by atoms with van der Waals surface area (Å²) in [4.78, 5) is 25.0. The average molecular weight is 315 g/mol. The van der Waals surface area contributed by atoms with Gasteiger partial charge in [0.15, 0.2) is 4.34 Å². The lowest BCUT2D eigenvalue weighted by Gasteiger charge is -2.03. The fourth-order valence-corrected chi connectivity index (χ4v) is 3.08. The highest BCUT2D eigenvalue weighted by molar-refractivity contribution is 8.01. The number of nitrogens with zero attached hydrogens (tertiary/aromatic N) is 3. The van der Waals surface area contributed by atoms with E-state index in [0.29, 0.717) is 16.2 Å². The minimum Gasteiger partial charge on any atom is -0.478 e. The molecule has 0 amide bonds. The maximum Gasteiger partial charge on any atom is 0.338 e. The summed E-state index contributed by atoms with van der Waals surface area (Å²) < 4.78 is 17.8. The molecule has 0 spiro atoms. The first-order valence-corrected chi connectivity index (χ1v) is 6.67. The van der Waals surface area contributed by atoms with E-state index >= 15 is 0 Å². The van der Waals surface area contributed by atoms with Crippen LogP contribution in [0.5, 0.6) is 0 Å². The molecule has 0 unspecified atom stereocenters. The molecule has 104 valence electrons. The van der Waals surface area contributed by atoms with Crippen LogP contribution in [0.2, 0.25) is 0 Å². The van der Waals surface area contributed by atoms with E-state index in [1.807, 2.05) is 0 Å². The van der Waals surface area contributed by atoms with Crippen molar-refractivity contribution in [3.8, 4) is 0 Å². The molecule has 0 radical (unpaired) electrons. The molecule has 10 heteroatoms. The summed E-state index contributed by atoms with van der Waals surface area (Å²) in [6.07, 6.45) is 0. The van der Waals surface area contributed by atoms with Gasteiger partial charge in [0.25, 0.3) is 5.69 Å². The molecule has 20 heavy (non-hydrogen) atoms. The number of rotatable bonds is 4. The summed E-state index contributed by atoms with van der Waals surface area (Å²) in [5.74, 6) is -2.14. The van der Waals surface area contributed by atoms with Crippen molar-refractivity contribution < 1.29 is 19.2 Å². The van der Waals surface area contributed by atoms with Crippen LogP contribution in [0, 0.1) is 22.9 Å². The quantitative estimate of drug-likeness (QED) is 0.683. The molecule has 1 heterocycles. The highest BCUT2D eigenvalue weighted by Gasteiger charge is 2.23. The van der Waals surface area contributed by atoms with E-state index in [1.165, 1.54) is 0 Å². The average Bonchev–Trinajstić information content (AvgIpc) is 2.76. The van der Waals surface area contributed by atoms with Crippen molar-refractivity contribution in [2.45, 2.75) is 16.2 Å². The van der Waals surface area contributed by atoms with Crippen molar-refractivity contribution in [2.75, 3.05) is 0 Å². The third kappa shape index (κ3) is 2.91. The van der Waals surface area contributed by atoms with Crippen molar-refractivity contribution >= 4 is 35.0 Å². The molecule has 1 aromatic carbocycles. The van der Waals surface area contributed by atoms with Crippen LogP contribution in [0.1, 0.15) is 16.2 Å². The molecule has 0 bridgehead atoms. The summed E-state index contributed by atoms with van der Waals surface area (Å²) in [6.45, 7) is 1.66. The predicted molar refractivity (Wildman–Crippen MR) is 68.8 cm³/mol. The lowest BCUT2D eigenvalue weighted by Crippen LogP contribution is -2.03. The minimum atomic E-state index is -1.49. The molecule has 2 aromatic rings. The largest absolute Gasteiger partial charge is 0.478 e. The molecule has 0 aliphatic rings. The Kier molecular flexibility index (Phi) is 3.95. The molecule has 0 aliphatic heterocycles. The van der Waals surface area contributed by atoms with Gasteiger partial charge in [-0.25, -0.2) is 14.2 Å². The zero-order valence-electron chi connectivity index (χ0n) is 9.86. The number of nitro groups is 1. The standard InChI is InChI=1S/C10H6FN3O4S2/c1-4-12-10(20-13-4)19-8-2-5(9(15)16)6(11)3-7(8)14(17)18/h2-3H,1H3,(H,15,16). The van der Waals surface area contributed by atoms with Gasteiger partial charge in [0.05, 0.1) is 21.4 Å². The Morgan fingerprint density at radius 1 is 1.55 bits per heavy atom. The van der Waals surface area contributed by atoms with Crippen molar-refractivity contribution in [3.63, 3.8) is 0 Å². The molecule has 0 saturated carbocycles. The van der Waals surface area contributed by atoms with Crippen LogP contribution in [0.3, 0.4) is 0 Å². The number of carboxylic acid groups (broad SMARTS) is 1. The van der Waals surface area contributed by atoms with Crippen LogP contribution < -0.4 is 0 Å². The van der Waals surface area contributed by atoms with E-state index in [1.54, 1.807) is 6.92 Å². The lowest BCUT2D eigenvalue weighted by molar-refractivity contribution is -0.387. The fourth-order valence-electron chi connectivity index (χ4n) is 1.34. The number of hydrogen-bond donors (Lipinski definition) is 1. The first kappa shape index (κ1) is 14.3. The van der Waals surface area contributed by atoms with E-state index in [0.717, 1.165) is 29.4 Å². The van der Waals surface area contributed by atoms with Crippen molar-refractivity contribution in [1.29, 1.82) is 0 Å². The van der Waals surface area contributed by atoms with E-state index in [4.69, 9.17) is 5.11 Å². The van der Waals surface area contributed by atoms with E-state index in [2.05, 4.69) is 9.36 Å². The second-order valence-corrected chi connectivity index (χ2v) is 5.61. The molecular formula is C10H6FN3O4S2. The van der Waals surface area contributed by atoms with Gasteiger partial charge in [-0.05, 0) is 24.5 Å². The number of carbonyl (C=O) groups is 1. The molecule has 2 rings (SSSR count). The number of nitro benzene ring substituents is 1. The molecular weight excluding hydrogens is 309 g/mol. The molecule has 7 nitrogen and oxygen atoms in total. The highest BCUT2D eigenvalue weighted by Crippen LogP contribution is 2.37. The van der Waals surface area contributed by atoms with Gasteiger partial charge in [-0.3, -0.25) is 10.1 Å². The van der Waals surface area contributed by atoms with Gasteiger partial charge < -0.3 is 5.11 Å². The zero-order chi connectivity index (χ0) is 14.9. The number of carboxylic acids is 1. The summed E-state index contributed by atoms with van der Waals surface area (Å²) in [6, 6.07) is 1.52. The smallest absolute Gasteiger partial charge is 0.338 e. The van der Waals surface area contributed by atoms with Gasteiger partial charge in [-0.15, -0.1) is 0 Å². The molecule has 0 aliphatic carbocycles. The number of hydrogen-bond acceptors (Lipinski definition) is 7. The van der Waals surface area contributed by atoms with Crippen molar-refractivity contribution in [3.05, 3.63) is 39.5 Å². The maximum absolute atomic E-state index is 13.5. The summed E-state index contributed by atoms with van der Waals surface area (Å²) >= 11 is 1.90. The second-order valence-electron chi connectivity index (χ2n) is 3.57. The van der Waals surface area contributed by atoms with Gasteiger partial charge in [0.1, 0.15) is 11.6 Å². The SMILES string of the molecule is Cc1nsc(Sc2cc(C(=O)O)c(F)cc2[N+](=O)[O-])n1. The number of aryl methyl sites for hydroxylation is 1. The van der Waals surface area contributed by atoms with Gasteiger partial charge in [0.2, 0.25) is 0 Å². The van der Waals surface area contributed by atoms with Crippen LogP contribution in [0.4, 0.5) is 10.1 Å². The predicted octanol–water partition coefficient (Wildman–Crippen LogP) is 2.74. The zero-order valence-corrected chi connectivity index (χ0v) is 11.5. The molecule has 1 aromatic heterocycles. The van der Waals surface area contributed by atoms with E-state index in [-0.39, 0.29) is 4.90 Å².